The van der Waals surface area contributed by atoms with Gasteiger partial charge in [0, 0.05) is 6.54 Å². The van der Waals surface area contributed by atoms with E-state index in [-0.39, 0.29) is 6.04 Å². The number of nitrogens with zero attached hydrogens (tertiary/aromatic N) is 1. The molecule has 0 aromatic rings. The Morgan fingerprint density at radius 2 is 2.36 bits per heavy atom. The molecule has 66 valence electrons. The molecular formula is C8H17NO2. The van der Waals surface area contributed by atoms with E-state index in [1.807, 2.05) is 6.92 Å². The molecule has 11 heavy (non-hydrogen) atoms. The molecule has 0 saturated carbocycles. The largest absolute Gasteiger partial charge is 0.367 e. The average Bonchev–Trinajstić information content (AvgIpc) is 1.99. The molecular weight excluding hydrogens is 142 g/mol. The number of morpholine rings is 1. The van der Waals surface area contributed by atoms with Crippen molar-refractivity contribution in [2.75, 3.05) is 19.7 Å². The smallest absolute Gasteiger partial charge is 0.169 e. The van der Waals surface area contributed by atoms with Crippen molar-refractivity contribution in [2.45, 2.75) is 32.6 Å². The van der Waals surface area contributed by atoms with Crippen LogP contribution in [-0.4, -0.2) is 42.0 Å². The lowest BCUT2D eigenvalue weighted by Crippen LogP contribution is -2.49. The zero-order chi connectivity index (χ0) is 8.27. The molecule has 1 aliphatic rings. The Kier molecular flexibility index (Phi) is 3.30. The van der Waals surface area contributed by atoms with Crippen LogP contribution in [0.5, 0.6) is 0 Å². The van der Waals surface area contributed by atoms with Crippen molar-refractivity contribution in [2.24, 2.45) is 0 Å². The number of ether oxygens (including phenoxy) is 1. The number of rotatable bonds is 2. The molecule has 1 N–H and O–H groups in total. The third kappa shape index (κ3) is 2.15. The second-order valence-corrected chi connectivity index (χ2v) is 3.04. The number of aliphatic hydroxyl groups excluding tert-OH is 1. The fourth-order valence-corrected chi connectivity index (χ4v) is 1.42. The van der Waals surface area contributed by atoms with Crippen LogP contribution in [0.2, 0.25) is 0 Å². The minimum atomic E-state index is -0.588. The van der Waals surface area contributed by atoms with Gasteiger partial charge in [-0.1, -0.05) is 6.92 Å². The summed E-state index contributed by atoms with van der Waals surface area (Å²) in [4.78, 5) is 2.26. The summed E-state index contributed by atoms with van der Waals surface area (Å²) in [5.41, 5.74) is 0. The monoisotopic (exact) mass is 159 g/mol. The second-order valence-electron chi connectivity index (χ2n) is 3.04. The fourth-order valence-electron chi connectivity index (χ4n) is 1.42. The Balaban J connectivity index is 2.38. The molecule has 1 saturated heterocycles. The predicted octanol–water partition coefficient (Wildman–Crippen LogP) is 0.436. The maximum absolute atomic E-state index is 9.31. The maximum Gasteiger partial charge on any atom is 0.169 e. The summed E-state index contributed by atoms with van der Waals surface area (Å²) in [5, 5.41) is 9.31. The van der Waals surface area contributed by atoms with E-state index in [0.29, 0.717) is 6.61 Å². The van der Waals surface area contributed by atoms with Gasteiger partial charge in [0.25, 0.3) is 0 Å². The van der Waals surface area contributed by atoms with E-state index in [4.69, 9.17) is 4.74 Å². The van der Waals surface area contributed by atoms with E-state index in [1.54, 1.807) is 0 Å². The number of hydrogen-bond donors (Lipinski definition) is 1. The lowest BCUT2D eigenvalue weighted by atomic mass is 10.2. The van der Waals surface area contributed by atoms with Gasteiger partial charge in [-0.2, -0.15) is 0 Å². The van der Waals surface area contributed by atoms with Crippen molar-refractivity contribution >= 4 is 0 Å². The van der Waals surface area contributed by atoms with E-state index < -0.39 is 6.29 Å². The van der Waals surface area contributed by atoms with Crippen LogP contribution in [0, 0.1) is 0 Å². The second kappa shape index (κ2) is 4.04. The molecule has 1 aliphatic heterocycles. The van der Waals surface area contributed by atoms with Crippen LogP contribution in [0.25, 0.3) is 0 Å². The molecule has 1 rings (SSSR count). The van der Waals surface area contributed by atoms with Gasteiger partial charge in [-0.25, -0.2) is 0 Å². The Labute approximate surface area is 68.0 Å². The van der Waals surface area contributed by atoms with Crippen LogP contribution in [0.1, 0.15) is 20.3 Å². The van der Waals surface area contributed by atoms with Crippen molar-refractivity contribution in [3.8, 4) is 0 Å². The van der Waals surface area contributed by atoms with Crippen LogP contribution in [0.4, 0.5) is 0 Å². The summed E-state index contributed by atoms with van der Waals surface area (Å²) in [7, 11) is 0. The van der Waals surface area contributed by atoms with Gasteiger partial charge >= 0.3 is 0 Å². The van der Waals surface area contributed by atoms with Crippen molar-refractivity contribution in [3.05, 3.63) is 0 Å². The highest BCUT2D eigenvalue weighted by atomic mass is 16.6. The summed E-state index contributed by atoms with van der Waals surface area (Å²) in [6, 6.07) is 0.156. The fraction of sp³-hybridized carbons (Fsp3) is 1.00. The van der Waals surface area contributed by atoms with Crippen LogP contribution in [0.3, 0.4) is 0 Å². The summed E-state index contributed by atoms with van der Waals surface area (Å²) in [6.07, 6.45) is 0.548. The number of aliphatic hydroxyl groups is 1. The molecule has 2 atom stereocenters. The van der Waals surface area contributed by atoms with E-state index in [9.17, 15) is 5.11 Å². The molecule has 3 nitrogen and oxygen atoms in total. The molecule has 1 heterocycles. The van der Waals surface area contributed by atoms with Gasteiger partial charge in [0.15, 0.2) is 6.29 Å². The Bertz CT molecular complexity index is 117. The normalized spacial score (nSPS) is 34.1. The van der Waals surface area contributed by atoms with Crippen molar-refractivity contribution < 1.29 is 9.84 Å². The standard InChI is InChI=1S/C8H17NO2/c1-3-4-9-5-6-11-8(10)7(9)2/h7-8,10H,3-6H2,1-2H3. The highest BCUT2D eigenvalue weighted by Crippen LogP contribution is 2.11. The van der Waals surface area contributed by atoms with Gasteiger partial charge in [0.2, 0.25) is 0 Å². The van der Waals surface area contributed by atoms with Crippen LogP contribution >= 0.6 is 0 Å². The first kappa shape index (κ1) is 8.97. The third-order valence-corrected chi connectivity index (χ3v) is 2.17. The molecule has 0 aromatic heterocycles. The zero-order valence-electron chi connectivity index (χ0n) is 7.29. The maximum atomic E-state index is 9.31. The highest BCUT2D eigenvalue weighted by molar-refractivity contribution is 4.73. The minimum Gasteiger partial charge on any atom is -0.367 e. The van der Waals surface area contributed by atoms with E-state index in [2.05, 4.69) is 11.8 Å². The van der Waals surface area contributed by atoms with E-state index in [1.165, 1.54) is 0 Å². The highest BCUT2D eigenvalue weighted by Gasteiger charge is 2.25. The lowest BCUT2D eigenvalue weighted by Gasteiger charge is -2.36. The third-order valence-electron chi connectivity index (χ3n) is 2.17. The molecule has 3 heteroatoms. The summed E-state index contributed by atoms with van der Waals surface area (Å²) in [5.74, 6) is 0. The summed E-state index contributed by atoms with van der Waals surface area (Å²) < 4.78 is 5.08. The van der Waals surface area contributed by atoms with Crippen LogP contribution < -0.4 is 0 Å². The molecule has 0 spiro atoms. The van der Waals surface area contributed by atoms with Crippen LogP contribution in [-0.2, 0) is 4.74 Å². The minimum absolute atomic E-state index is 0.156. The van der Waals surface area contributed by atoms with Crippen molar-refractivity contribution in [1.29, 1.82) is 0 Å². The van der Waals surface area contributed by atoms with Crippen molar-refractivity contribution in [3.63, 3.8) is 0 Å². The molecule has 0 bridgehead atoms. The quantitative estimate of drug-likeness (QED) is 0.634. The molecule has 0 radical (unpaired) electrons. The van der Waals surface area contributed by atoms with Gasteiger partial charge in [-0.05, 0) is 19.9 Å². The van der Waals surface area contributed by atoms with Gasteiger partial charge in [0.1, 0.15) is 0 Å². The predicted molar refractivity (Wildman–Crippen MR) is 43.3 cm³/mol. The van der Waals surface area contributed by atoms with E-state index in [0.717, 1.165) is 19.5 Å². The van der Waals surface area contributed by atoms with Crippen molar-refractivity contribution in [1.82, 2.24) is 4.90 Å². The molecule has 1 fully saturated rings. The Morgan fingerprint density at radius 1 is 1.64 bits per heavy atom. The average molecular weight is 159 g/mol. The van der Waals surface area contributed by atoms with E-state index >= 15 is 0 Å². The first-order valence-electron chi connectivity index (χ1n) is 4.29. The van der Waals surface area contributed by atoms with Gasteiger partial charge in [-0.15, -0.1) is 0 Å². The molecule has 0 aromatic carbocycles. The van der Waals surface area contributed by atoms with Gasteiger partial charge in [0.05, 0.1) is 12.6 Å². The molecule has 0 amide bonds. The molecule has 0 aliphatic carbocycles. The first-order chi connectivity index (χ1) is 5.25. The molecule has 2 unspecified atom stereocenters. The SMILES string of the molecule is CCCN1CCOC(O)C1C. The topological polar surface area (TPSA) is 32.7 Å². The zero-order valence-corrected chi connectivity index (χ0v) is 7.29. The van der Waals surface area contributed by atoms with Gasteiger partial charge in [-0.3, -0.25) is 4.90 Å². The van der Waals surface area contributed by atoms with Crippen LogP contribution in [0.15, 0.2) is 0 Å². The first-order valence-corrected chi connectivity index (χ1v) is 4.29. The lowest BCUT2D eigenvalue weighted by molar-refractivity contribution is -0.174. The number of hydrogen-bond acceptors (Lipinski definition) is 3. The Hall–Kier alpha value is -0.120. The summed E-state index contributed by atoms with van der Waals surface area (Å²) in [6.45, 7) is 6.81. The Morgan fingerprint density at radius 3 is 3.00 bits per heavy atom. The van der Waals surface area contributed by atoms with Gasteiger partial charge < -0.3 is 9.84 Å². The summed E-state index contributed by atoms with van der Waals surface area (Å²) >= 11 is 0.